The van der Waals surface area contributed by atoms with E-state index in [2.05, 4.69) is 20.3 Å². The van der Waals surface area contributed by atoms with E-state index in [1.807, 2.05) is 31.7 Å². The quantitative estimate of drug-likeness (QED) is 0.825. The highest BCUT2D eigenvalue weighted by Crippen LogP contribution is 2.17. The fraction of sp³-hybridized carbons (Fsp3) is 0.364. The highest BCUT2D eigenvalue weighted by Gasteiger charge is 2.07. The third-order valence-electron chi connectivity index (χ3n) is 2.63. The molecule has 0 amide bonds. The van der Waals surface area contributed by atoms with Gasteiger partial charge in [0.1, 0.15) is 23.3 Å². The fourth-order valence-electron chi connectivity index (χ4n) is 1.55. The number of nitrogens with two attached hydrogens (primary N) is 1. The van der Waals surface area contributed by atoms with Crippen molar-refractivity contribution >= 4 is 11.6 Å². The normalized spacial score (nSPS) is 10.5. The first-order valence-corrected chi connectivity index (χ1v) is 5.38. The summed E-state index contributed by atoms with van der Waals surface area (Å²) in [6, 6.07) is 0. The summed E-state index contributed by atoms with van der Waals surface area (Å²) in [5.41, 5.74) is 6.65. The average molecular weight is 232 g/mol. The molecule has 0 aliphatic heterocycles. The lowest BCUT2D eigenvalue weighted by Crippen LogP contribution is -2.10. The van der Waals surface area contributed by atoms with Crippen LogP contribution in [0.15, 0.2) is 12.4 Å². The number of nitrogen functional groups attached to an aromatic ring is 1. The molecule has 6 nitrogen and oxygen atoms in total. The predicted molar refractivity (Wildman–Crippen MR) is 66.5 cm³/mol. The van der Waals surface area contributed by atoms with Crippen molar-refractivity contribution in [2.24, 2.45) is 7.05 Å². The molecule has 0 atom stereocenters. The Morgan fingerprint density at radius 2 is 2.12 bits per heavy atom. The smallest absolute Gasteiger partial charge is 0.135 e. The second-order valence-electron chi connectivity index (χ2n) is 3.94. The molecular weight excluding hydrogens is 216 g/mol. The summed E-state index contributed by atoms with van der Waals surface area (Å²) >= 11 is 0. The van der Waals surface area contributed by atoms with Crippen molar-refractivity contribution in [2.45, 2.75) is 20.4 Å². The summed E-state index contributed by atoms with van der Waals surface area (Å²) in [6.45, 7) is 4.33. The van der Waals surface area contributed by atoms with Crippen LogP contribution >= 0.6 is 0 Å². The van der Waals surface area contributed by atoms with Gasteiger partial charge in [0.05, 0.1) is 6.54 Å². The predicted octanol–water partition coefficient (Wildman–Crippen LogP) is 1.02. The Labute approximate surface area is 99.9 Å². The molecule has 0 unspecified atom stereocenters. The van der Waals surface area contributed by atoms with Crippen molar-refractivity contribution in [1.29, 1.82) is 0 Å². The minimum atomic E-state index is 0.514. The van der Waals surface area contributed by atoms with Gasteiger partial charge in [-0.2, -0.15) is 0 Å². The molecule has 2 aromatic heterocycles. The molecule has 0 aromatic carbocycles. The number of aryl methyl sites for hydroxylation is 2. The minimum absolute atomic E-state index is 0.514. The molecule has 0 saturated heterocycles. The Hall–Kier alpha value is -2.11. The van der Waals surface area contributed by atoms with Gasteiger partial charge in [-0.15, -0.1) is 0 Å². The first kappa shape index (κ1) is 11.4. The van der Waals surface area contributed by atoms with Crippen LogP contribution < -0.4 is 11.1 Å². The number of aromatic nitrogens is 4. The molecule has 2 rings (SSSR count). The zero-order valence-electron chi connectivity index (χ0n) is 10.2. The average Bonchev–Trinajstić information content (AvgIpc) is 2.67. The summed E-state index contributed by atoms with van der Waals surface area (Å²) < 4.78 is 1.96. The summed E-state index contributed by atoms with van der Waals surface area (Å²) in [5.74, 6) is 2.88. The van der Waals surface area contributed by atoms with E-state index in [1.54, 1.807) is 6.20 Å². The van der Waals surface area contributed by atoms with Gasteiger partial charge in [0.15, 0.2) is 0 Å². The Kier molecular flexibility index (Phi) is 2.95. The summed E-state index contributed by atoms with van der Waals surface area (Å²) in [4.78, 5) is 12.7. The maximum absolute atomic E-state index is 5.79. The van der Waals surface area contributed by atoms with Crippen LogP contribution in [0.1, 0.15) is 17.2 Å². The number of imidazole rings is 1. The molecule has 17 heavy (non-hydrogen) atoms. The number of anilines is 2. The van der Waals surface area contributed by atoms with Gasteiger partial charge in [-0.05, 0) is 13.8 Å². The number of nitrogens with one attached hydrogen (secondary N) is 1. The first-order valence-electron chi connectivity index (χ1n) is 5.38. The van der Waals surface area contributed by atoms with Gasteiger partial charge in [-0.3, -0.25) is 0 Å². The lowest BCUT2D eigenvalue weighted by atomic mass is 10.3. The van der Waals surface area contributed by atoms with Gasteiger partial charge < -0.3 is 15.6 Å². The molecular formula is C11H16N6. The number of rotatable bonds is 3. The lowest BCUT2D eigenvalue weighted by molar-refractivity contribution is 0.809. The maximum atomic E-state index is 5.79. The highest BCUT2D eigenvalue weighted by molar-refractivity contribution is 5.54. The molecule has 0 saturated carbocycles. The third kappa shape index (κ3) is 2.35. The van der Waals surface area contributed by atoms with Crippen LogP contribution in [-0.4, -0.2) is 19.5 Å². The van der Waals surface area contributed by atoms with Crippen molar-refractivity contribution in [3.8, 4) is 0 Å². The highest BCUT2D eigenvalue weighted by atomic mass is 15.1. The number of hydrogen-bond acceptors (Lipinski definition) is 5. The van der Waals surface area contributed by atoms with E-state index in [0.717, 1.165) is 17.2 Å². The Balaban J connectivity index is 2.17. The molecule has 0 aliphatic carbocycles. The standard InChI is InChI=1S/C11H16N6/c1-7-10(12)15-8(2)16-11(7)14-6-9-13-4-5-17(9)3/h4-5H,6H2,1-3H3,(H3,12,14,15,16). The topological polar surface area (TPSA) is 81.6 Å². The third-order valence-corrected chi connectivity index (χ3v) is 2.63. The molecule has 3 N–H and O–H groups in total. The van der Waals surface area contributed by atoms with Crippen LogP contribution in [0.25, 0.3) is 0 Å². The van der Waals surface area contributed by atoms with Crippen molar-refractivity contribution in [3.05, 3.63) is 29.6 Å². The second kappa shape index (κ2) is 4.40. The molecule has 0 bridgehead atoms. The Bertz CT molecular complexity index is 531. The summed E-state index contributed by atoms with van der Waals surface area (Å²) in [7, 11) is 1.95. The Morgan fingerprint density at radius 1 is 1.35 bits per heavy atom. The van der Waals surface area contributed by atoms with Gasteiger partial charge in [-0.1, -0.05) is 0 Å². The van der Waals surface area contributed by atoms with Gasteiger partial charge in [0, 0.05) is 25.0 Å². The molecule has 90 valence electrons. The lowest BCUT2D eigenvalue weighted by Gasteiger charge is -2.10. The van der Waals surface area contributed by atoms with E-state index in [1.165, 1.54) is 0 Å². The first-order chi connectivity index (χ1) is 8.08. The largest absolute Gasteiger partial charge is 0.383 e. The van der Waals surface area contributed by atoms with Crippen molar-refractivity contribution in [3.63, 3.8) is 0 Å². The Morgan fingerprint density at radius 3 is 2.76 bits per heavy atom. The molecule has 0 spiro atoms. The number of hydrogen-bond donors (Lipinski definition) is 2. The SMILES string of the molecule is Cc1nc(N)c(C)c(NCc2nccn2C)n1. The van der Waals surface area contributed by atoms with E-state index in [0.29, 0.717) is 18.2 Å². The van der Waals surface area contributed by atoms with Crippen molar-refractivity contribution in [2.75, 3.05) is 11.1 Å². The van der Waals surface area contributed by atoms with E-state index in [9.17, 15) is 0 Å². The van der Waals surface area contributed by atoms with E-state index < -0.39 is 0 Å². The summed E-state index contributed by atoms with van der Waals surface area (Å²) in [5, 5.41) is 3.22. The van der Waals surface area contributed by atoms with Crippen LogP contribution in [0.2, 0.25) is 0 Å². The van der Waals surface area contributed by atoms with Crippen LogP contribution in [0.5, 0.6) is 0 Å². The number of nitrogens with zero attached hydrogens (tertiary/aromatic N) is 4. The van der Waals surface area contributed by atoms with Gasteiger partial charge >= 0.3 is 0 Å². The van der Waals surface area contributed by atoms with Crippen molar-refractivity contribution in [1.82, 2.24) is 19.5 Å². The van der Waals surface area contributed by atoms with Crippen LogP contribution in [0, 0.1) is 13.8 Å². The summed E-state index contributed by atoms with van der Waals surface area (Å²) in [6.07, 6.45) is 3.67. The molecule has 0 radical (unpaired) electrons. The van der Waals surface area contributed by atoms with E-state index >= 15 is 0 Å². The van der Waals surface area contributed by atoms with E-state index in [-0.39, 0.29) is 0 Å². The van der Waals surface area contributed by atoms with E-state index in [4.69, 9.17) is 5.73 Å². The van der Waals surface area contributed by atoms with Gasteiger partial charge in [0.25, 0.3) is 0 Å². The second-order valence-corrected chi connectivity index (χ2v) is 3.94. The minimum Gasteiger partial charge on any atom is -0.383 e. The maximum Gasteiger partial charge on any atom is 0.135 e. The molecule has 2 aromatic rings. The van der Waals surface area contributed by atoms with Gasteiger partial charge in [-0.25, -0.2) is 15.0 Å². The van der Waals surface area contributed by atoms with Gasteiger partial charge in [0.2, 0.25) is 0 Å². The zero-order chi connectivity index (χ0) is 12.4. The van der Waals surface area contributed by atoms with Crippen LogP contribution in [0.4, 0.5) is 11.6 Å². The fourth-order valence-corrected chi connectivity index (χ4v) is 1.55. The van der Waals surface area contributed by atoms with Crippen LogP contribution in [-0.2, 0) is 13.6 Å². The van der Waals surface area contributed by atoms with Crippen LogP contribution in [0.3, 0.4) is 0 Å². The molecule has 0 aliphatic rings. The molecule has 2 heterocycles. The monoisotopic (exact) mass is 232 g/mol. The molecule has 6 heteroatoms. The van der Waals surface area contributed by atoms with Crippen molar-refractivity contribution < 1.29 is 0 Å². The zero-order valence-corrected chi connectivity index (χ0v) is 10.2. The molecule has 0 fully saturated rings.